The van der Waals surface area contributed by atoms with Gasteiger partial charge in [-0.1, -0.05) is 30.3 Å². The monoisotopic (exact) mass is 288 g/mol. The molecule has 0 aliphatic heterocycles. The van der Waals surface area contributed by atoms with Crippen molar-refractivity contribution in [2.24, 2.45) is 0 Å². The van der Waals surface area contributed by atoms with Crippen LogP contribution < -0.4 is 0 Å². The minimum atomic E-state index is -0.801. The Morgan fingerprint density at radius 1 is 1.14 bits per heavy atom. The molecule has 108 valence electrons. The lowest BCUT2D eigenvalue weighted by molar-refractivity contribution is 0.269. The molecular weight excluding hydrogens is 274 g/mol. The summed E-state index contributed by atoms with van der Waals surface area (Å²) in [6.45, 7) is -0.267. The van der Waals surface area contributed by atoms with Crippen molar-refractivity contribution in [1.82, 2.24) is 4.98 Å². The van der Waals surface area contributed by atoms with Crippen molar-refractivity contribution in [2.75, 3.05) is 6.61 Å². The molecule has 0 fully saturated rings. The summed E-state index contributed by atoms with van der Waals surface area (Å²) in [5.74, 6) is -3.12. The predicted molar refractivity (Wildman–Crippen MR) is 73.4 cm³/mol. The lowest BCUT2D eigenvalue weighted by Gasteiger charge is -2.22. The van der Waals surface area contributed by atoms with Crippen LogP contribution >= 0.6 is 0 Å². The van der Waals surface area contributed by atoms with Gasteiger partial charge >= 0.3 is 0 Å². The van der Waals surface area contributed by atoms with Crippen molar-refractivity contribution >= 4 is 0 Å². The van der Waals surface area contributed by atoms with Gasteiger partial charge in [0.15, 0.2) is 0 Å². The molecule has 0 aliphatic rings. The fourth-order valence-electron chi connectivity index (χ4n) is 2.45. The van der Waals surface area contributed by atoms with Crippen LogP contribution in [0.2, 0.25) is 0 Å². The van der Waals surface area contributed by atoms with Gasteiger partial charge in [-0.25, -0.2) is 8.78 Å². The van der Waals surface area contributed by atoms with Gasteiger partial charge in [0.05, 0.1) is 24.4 Å². The fraction of sp³-hybridized carbons (Fsp3) is 0.250. The van der Waals surface area contributed by atoms with E-state index in [9.17, 15) is 19.1 Å². The number of rotatable bonds is 5. The molecule has 1 aromatic carbocycles. The van der Waals surface area contributed by atoms with Gasteiger partial charge in [-0.05, 0) is 12.0 Å². The number of hydrogen-bond donors (Lipinski definition) is 1. The van der Waals surface area contributed by atoms with Crippen LogP contribution in [-0.4, -0.2) is 16.7 Å². The van der Waals surface area contributed by atoms with E-state index in [1.807, 2.05) is 0 Å². The van der Waals surface area contributed by atoms with E-state index in [0.29, 0.717) is 5.56 Å². The second-order valence-electron chi connectivity index (χ2n) is 4.65. The van der Waals surface area contributed by atoms with Crippen LogP contribution in [0.15, 0.2) is 42.7 Å². The molecule has 2 atom stereocenters. The van der Waals surface area contributed by atoms with Crippen LogP contribution in [0.1, 0.15) is 29.4 Å². The molecule has 0 saturated carbocycles. The van der Waals surface area contributed by atoms with Crippen molar-refractivity contribution in [1.29, 1.82) is 5.26 Å². The molecule has 21 heavy (non-hydrogen) atoms. The van der Waals surface area contributed by atoms with Gasteiger partial charge in [0.25, 0.3) is 0 Å². The highest BCUT2D eigenvalue weighted by Gasteiger charge is 2.29. The number of aliphatic hydroxyl groups is 1. The molecule has 5 heteroatoms. The average Bonchev–Trinajstić information content (AvgIpc) is 2.49. The van der Waals surface area contributed by atoms with Crippen LogP contribution in [0.3, 0.4) is 0 Å². The van der Waals surface area contributed by atoms with E-state index < -0.39 is 23.5 Å². The van der Waals surface area contributed by atoms with Crippen molar-refractivity contribution < 1.29 is 13.9 Å². The molecule has 1 N–H and O–H groups in total. The molecule has 0 saturated heterocycles. The van der Waals surface area contributed by atoms with Crippen LogP contribution in [0.5, 0.6) is 0 Å². The van der Waals surface area contributed by atoms with E-state index >= 15 is 0 Å². The molecule has 3 nitrogen and oxygen atoms in total. The van der Waals surface area contributed by atoms with Gasteiger partial charge in [0.2, 0.25) is 0 Å². The molecule has 2 aromatic rings. The Bertz CT molecular complexity index is 620. The molecule has 0 amide bonds. The first-order chi connectivity index (χ1) is 10.2. The van der Waals surface area contributed by atoms with Gasteiger partial charge in [-0.2, -0.15) is 5.26 Å². The summed E-state index contributed by atoms with van der Waals surface area (Å²) in [6, 6.07) is 10.9. The van der Waals surface area contributed by atoms with Crippen molar-refractivity contribution in [2.45, 2.75) is 18.3 Å². The van der Waals surface area contributed by atoms with E-state index in [-0.39, 0.29) is 18.6 Å². The summed E-state index contributed by atoms with van der Waals surface area (Å²) in [5, 5.41) is 18.6. The quantitative estimate of drug-likeness (QED) is 0.919. The first kappa shape index (κ1) is 15.1. The number of pyridine rings is 1. The summed E-state index contributed by atoms with van der Waals surface area (Å²) in [6.07, 6.45) is 1.93. The molecule has 0 unspecified atom stereocenters. The first-order valence-electron chi connectivity index (χ1n) is 6.53. The summed E-state index contributed by atoms with van der Waals surface area (Å²) in [5.41, 5.74) is 0.462. The number of hydrogen-bond acceptors (Lipinski definition) is 3. The highest BCUT2D eigenvalue weighted by Crippen LogP contribution is 2.37. The van der Waals surface area contributed by atoms with Gasteiger partial charge in [-0.3, -0.25) is 4.98 Å². The Labute approximate surface area is 121 Å². The topological polar surface area (TPSA) is 56.9 Å². The van der Waals surface area contributed by atoms with Gasteiger partial charge < -0.3 is 5.11 Å². The van der Waals surface area contributed by atoms with Gasteiger partial charge in [0.1, 0.15) is 11.6 Å². The van der Waals surface area contributed by atoms with Crippen molar-refractivity contribution in [3.63, 3.8) is 0 Å². The number of halogens is 2. The fourth-order valence-corrected chi connectivity index (χ4v) is 2.45. The van der Waals surface area contributed by atoms with Gasteiger partial charge in [0, 0.05) is 18.1 Å². The summed E-state index contributed by atoms with van der Waals surface area (Å²) < 4.78 is 27.9. The zero-order valence-corrected chi connectivity index (χ0v) is 11.2. The highest BCUT2D eigenvalue weighted by atomic mass is 19.1. The minimum absolute atomic E-state index is 0.0883. The van der Waals surface area contributed by atoms with Crippen molar-refractivity contribution in [3.05, 3.63) is 65.5 Å². The Hall–Kier alpha value is -2.32. The SMILES string of the molecule is N#C[C@H](c1ccccc1)[C@@H](CCO)c1c(F)cncc1F. The standard InChI is InChI=1S/C16H14F2N2O/c17-14-9-20-10-15(18)16(14)12(6-7-21)13(8-19)11-4-2-1-3-5-11/h1-5,9-10,12-13,21H,6-7H2/t12-,13-/m1/s1. The van der Waals surface area contributed by atoms with E-state index in [1.54, 1.807) is 30.3 Å². The zero-order chi connectivity index (χ0) is 15.2. The maximum Gasteiger partial charge on any atom is 0.147 e. The summed E-state index contributed by atoms with van der Waals surface area (Å²) >= 11 is 0. The number of nitriles is 1. The summed E-state index contributed by atoms with van der Waals surface area (Å²) in [7, 11) is 0. The second-order valence-corrected chi connectivity index (χ2v) is 4.65. The lowest BCUT2D eigenvalue weighted by atomic mass is 9.80. The number of aliphatic hydroxyl groups excluding tert-OH is 1. The van der Waals surface area contributed by atoms with E-state index in [1.165, 1.54) is 0 Å². The number of benzene rings is 1. The largest absolute Gasteiger partial charge is 0.396 e. The van der Waals surface area contributed by atoms with E-state index in [2.05, 4.69) is 11.1 Å². The molecular formula is C16H14F2N2O. The Morgan fingerprint density at radius 3 is 2.29 bits per heavy atom. The predicted octanol–water partition coefficient (Wildman–Crippen LogP) is 3.13. The average molecular weight is 288 g/mol. The molecule has 0 spiro atoms. The summed E-state index contributed by atoms with van der Waals surface area (Å²) in [4.78, 5) is 3.45. The van der Waals surface area contributed by atoms with E-state index in [0.717, 1.165) is 12.4 Å². The van der Waals surface area contributed by atoms with Crippen LogP contribution in [0, 0.1) is 23.0 Å². The Morgan fingerprint density at radius 2 is 1.76 bits per heavy atom. The molecule has 0 radical (unpaired) electrons. The second kappa shape index (κ2) is 6.91. The maximum absolute atomic E-state index is 13.9. The first-order valence-corrected chi connectivity index (χ1v) is 6.53. The number of aromatic nitrogens is 1. The molecule has 0 aliphatic carbocycles. The molecule has 2 rings (SSSR count). The van der Waals surface area contributed by atoms with Crippen LogP contribution in [-0.2, 0) is 0 Å². The maximum atomic E-state index is 13.9. The third-order valence-electron chi connectivity index (χ3n) is 3.40. The Kier molecular flexibility index (Phi) is 4.96. The third kappa shape index (κ3) is 3.23. The molecule has 0 bridgehead atoms. The minimum Gasteiger partial charge on any atom is -0.396 e. The van der Waals surface area contributed by atoms with Crippen LogP contribution in [0.25, 0.3) is 0 Å². The van der Waals surface area contributed by atoms with Crippen LogP contribution in [0.4, 0.5) is 8.78 Å². The third-order valence-corrected chi connectivity index (χ3v) is 3.40. The molecule has 1 aromatic heterocycles. The Balaban J connectivity index is 2.50. The zero-order valence-electron chi connectivity index (χ0n) is 11.2. The van der Waals surface area contributed by atoms with E-state index in [4.69, 9.17) is 0 Å². The number of nitrogens with zero attached hydrogens (tertiary/aromatic N) is 2. The normalized spacial score (nSPS) is 13.4. The van der Waals surface area contributed by atoms with Crippen molar-refractivity contribution in [3.8, 4) is 6.07 Å². The lowest BCUT2D eigenvalue weighted by Crippen LogP contribution is -2.15. The molecule has 1 heterocycles. The van der Waals surface area contributed by atoms with Gasteiger partial charge in [-0.15, -0.1) is 0 Å². The smallest absolute Gasteiger partial charge is 0.147 e. The highest BCUT2D eigenvalue weighted by molar-refractivity contribution is 5.33.